The predicted octanol–water partition coefficient (Wildman–Crippen LogP) is 4.86. The molecule has 2 aromatic rings. The quantitative estimate of drug-likeness (QED) is 0.564. The van der Waals surface area contributed by atoms with Crippen molar-refractivity contribution in [1.29, 1.82) is 5.26 Å². The Morgan fingerprint density at radius 3 is 2.52 bits per heavy atom. The van der Waals surface area contributed by atoms with E-state index in [9.17, 15) is 4.79 Å². The van der Waals surface area contributed by atoms with Crippen LogP contribution < -0.4 is 10.2 Å². The van der Waals surface area contributed by atoms with Crippen molar-refractivity contribution in [3.05, 3.63) is 65.2 Å². The molecule has 0 radical (unpaired) electrons. The molecular formula is C27H35ClN4O. The van der Waals surface area contributed by atoms with E-state index in [0.29, 0.717) is 12.0 Å². The molecule has 1 saturated heterocycles. The zero-order valence-electron chi connectivity index (χ0n) is 19.3. The Kier molecular flexibility index (Phi) is 9.60. The van der Waals surface area contributed by atoms with Crippen molar-refractivity contribution in [3.63, 3.8) is 0 Å². The number of rotatable bonds is 8. The molecule has 1 aliphatic heterocycles. The molecule has 2 aromatic carbocycles. The molecule has 176 valence electrons. The molecule has 0 saturated carbocycles. The molecule has 1 atom stereocenters. The van der Waals surface area contributed by atoms with E-state index >= 15 is 0 Å². The first-order chi connectivity index (χ1) is 15.7. The molecule has 6 heteroatoms. The van der Waals surface area contributed by atoms with Crippen molar-refractivity contribution in [2.24, 2.45) is 0 Å². The van der Waals surface area contributed by atoms with Crippen molar-refractivity contribution in [2.45, 2.75) is 51.0 Å². The first-order valence-corrected chi connectivity index (χ1v) is 12.1. The van der Waals surface area contributed by atoms with E-state index in [4.69, 9.17) is 5.26 Å². The van der Waals surface area contributed by atoms with E-state index in [2.05, 4.69) is 45.5 Å². The van der Waals surface area contributed by atoms with Crippen molar-refractivity contribution in [3.8, 4) is 6.07 Å². The summed E-state index contributed by atoms with van der Waals surface area (Å²) >= 11 is 0. The molecule has 4 rings (SSSR count). The first kappa shape index (κ1) is 25.1. The number of nitriles is 1. The van der Waals surface area contributed by atoms with Gasteiger partial charge in [-0.3, -0.25) is 9.69 Å². The van der Waals surface area contributed by atoms with Crippen LogP contribution in [0.1, 0.15) is 61.3 Å². The highest BCUT2D eigenvalue weighted by molar-refractivity contribution is 5.85. The summed E-state index contributed by atoms with van der Waals surface area (Å²) < 4.78 is 0. The predicted molar refractivity (Wildman–Crippen MR) is 136 cm³/mol. The van der Waals surface area contributed by atoms with Gasteiger partial charge in [-0.15, -0.1) is 12.4 Å². The average Bonchev–Trinajstić information content (AvgIpc) is 2.84. The maximum absolute atomic E-state index is 12.5. The number of aryl methyl sites for hydroxylation is 1. The van der Waals surface area contributed by atoms with Crippen LogP contribution in [0.5, 0.6) is 0 Å². The van der Waals surface area contributed by atoms with Crippen LogP contribution in [0.3, 0.4) is 0 Å². The van der Waals surface area contributed by atoms with Gasteiger partial charge in [0, 0.05) is 38.3 Å². The summed E-state index contributed by atoms with van der Waals surface area (Å²) in [5.41, 5.74) is 4.62. The number of amides is 1. The highest BCUT2D eigenvalue weighted by Gasteiger charge is 2.21. The van der Waals surface area contributed by atoms with E-state index < -0.39 is 0 Å². The van der Waals surface area contributed by atoms with Crippen molar-refractivity contribution in [1.82, 2.24) is 10.2 Å². The number of unbranched alkanes of at least 4 members (excludes halogenated alkanes) is 2. The van der Waals surface area contributed by atoms with Gasteiger partial charge >= 0.3 is 0 Å². The summed E-state index contributed by atoms with van der Waals surface area (Å²) in [5.74, 6) is 0.197. The fourth-order valence-corrected chi connectivity index (χ4v) is 4.94. The van der Waals surface area contributed by atoms with Gasteiger partial charge in [-0.1, -0.05) is 30.7 Å². The van der Waals surface area contributed by atoms with Gasteiger partial charge in [0.15, 0.2) is 0 Å². The number of halogens is 1. The molecule has 1 unspecified atom stereocenters. The molecule has 0 bridgehead atoms. The normalized spacial score (nSPS) is 18.0. The molecule has 1 aliphatic carbocycles. The summed E-state index contributed by atoms with van der Waals surface area (Å²) in [7, 11) is 0. The summed E-state index contributed by atoms with van der Waals surface area (Å²) in [6, 6.07) is 18.8. The molecule has 1 heterocycles. The summed E-state index contributed by atoms with van der Waals surface area (Å²) in [5, 5.41) is 12.2. The van der Waals surface area contributed by atoms with Gasteiger partial charge in [0.05, 0.1) is 17.7 Å². The van der Waals surface area contributed by atoms with E-state index in [1.54, 1.807) is 0 Å². The fraction of sp³-hybridized carbons (Fsp3) is 0.481. The monoisotopic (exact) mass is 466 g/mol. The van der Waals surface area contributed by atoms with E-state index in [1.165, 1.54) is 16.8 Å². The Labute approximate surface area is 204 Å². The second-order valence-corrected chi connectivity index (χ2v) is 9.01. The lowest BCUT2D eigenvalue weighted by Gasteiger charge is -2.36. The minimum Gasteiger partial charge on any atom is -0.369 e. The van der Waals surface area contributed by atoms with Crippen LogP contribution in [-0.2, 0) is 11.2 Å². The van der Waals surface area contributed by atoms with Gasteiger partial charge in [-0.25, -0.2) is 0 Å². The van der Waals surface area contributed by atoms with Crippen molar-refractivity contribution >= 4 is 24.0 Å². The number of benzene rings is 2. The molecule has 0 aromatic heterocycles. The number of carbonyl (C=O) groups is 1. The Morgan fingerprint density at radius 2 is 1.76 bits per heavy atom. The highest BCUT2D eigenvalue weighted by Crippen LogP contribution is 2.29. The van der Waals surface area contributed by atoms with Crippen LogP contribution in [0, 0.1) is 11.3 Å². The van der Waals surface area contributed by atoms with Gasteiger partial charge in [0.2, 0.25) is 5.91 Å². The number of hydrogen-bond acceptors (Lipinski definition) is 4. The average molecular weight is 467 g/mol. The molecule has 5 nitrogen and oxygen atoms in total. The molecule has 0 spiro atoms. The minimum absolute atomic E-state index is 0. The molecule has 1 amide bonds. The zero-order chi connectivity index (χ0) is 22.2. The SMILES string of the molecule is Cl.N#Cc1ccc(N2CCN(CCCCCC(=O)NC3CCCc4ccccc43)CC2)cc1. The molecule has 1 N–H and O–H groups in total. The minimum atomic E-state index is 0. The van der Waals surface area contributed by atoms with Crippen LogP contribution >= 0.6 is 12.4 Å². The second kappa shape index (κ2) is 12.6. The number of fused-ring (bicyclic) bond motifs is 1. The van der Waals surface area contributed by atoms with Crippen LogP contribution in [0.25, 0.3) is 0 Å². The Balaban J connectivity index is 0.00000306. The Hall–Kier alpha value is -2.55. The van der Waals surface area contributed by atoms with E-state index in [0.717, 1.165) is 71.2 Å². The second-order valence-electron chi connectivity index (χ2n) is 9.01. The smallest absolute Gasteiger partial charge is 0.220 e. The lowest BCUT2D eigenvalue weighted by molar-refractivity contribution is -0.122. The number of nitrogens with zero attached hydrogens (tertiary/aromatic N) is 3. The van der Waals surface area contributed by atoms with E-state index in [1.807, 2.05) is 24.3 Å². The number of hydrogen-bond donors (Lipinski definition) is 1. The summed E-state index contributed by atoms with van der Waals surface area (Å²) in [6.07, 6.45) is 7.18. The number of piperazine rings is 1. The van der Waals surface area contributed by atoms with Crippen LogP contribution in [0.2, 0.25) is 0 Å². The highest BCUT2D eigenvalue weighted by atomic mass is 35.5. The van der Waals surface area contributed by atoms with E-state index in [-0.39, 0.29) is 24.4 Å². The maximum Gasteiger partial charge on any atom is 0.220 e. The lowest BCUT2D eigenvalue weighted by Crippen LogP contribution is -2.46. The Bertz CT molecular complexity index is 932. The van der Waals surface area contributed by atoms with Gasteiger partial charge in [0.1, 0.15) is 0 Å². The van der Waals surface area contributed by atoms with Gasteiger partial charge in [-0.05, 0) is 74.0 Å². The summed E-state index contributed by atoms with van der Waals surface area (Å²) in [4.78, 5) is 17.4. The standard InChI is InChI=1S/C27H34N4O.ClH/c28-21-22-12-14-24(15-13-22)31-19-17-30(18-20-31)16-5-1-2-11-27(32)29-26-10-6-8-23-7-3-4-9-25(23)26;/h3-4,7,9,12-15,26H,1-2,5-6,8,10-11,16-20H2,(H,29,32);1H. The van der Waals surface area contributed by atoms with Crippen LogP contribution in [0.4, 0.5) is 5.69 Å². The van der Waals surface area contributed by atoms with Crippen molar-refractivity contribution < 1.29 is 4.79 Å². The lowest BCUT2D eigenvalue weighted by atomic mass is 9.87. The third-order valence-corrected chi connectivity index (χ3v) is 6.82. The third kappa shape index (κ3) is 6.96. The Morgan fingerprint density at radius 1 is 1.00 bits per heavy atom. The first-order valence-electron chi connectivity index (χ1n) is 12.1. The topological polar surface area (TPSA) is 59.4 Å². The van der Waals surface area contributed by atoms with Crippen LogP contribution in [0.15, 0.2) is 48.5 Å². The maximum atomic E-state index is 12.5. The summed E-state index contributed by atoms with van der Waals surface area (Å²) in [6.45, 7) is 5.30. The number of carbonyl (C=O) groups excluding carboxylic acids is 1. The third-order valence-electron chi connectivity index (χ3n) is 6.82. The molecule has 2 aliphatic rings. The molecule has 1 fully saturated rings. The number of anilines is 1. The van der Waals surface area contributed by atoms with Gasteiger partial charge in [-0.2, -0.15) is 5.26 Å². The van der Waals surface area contributed by atoms with Gasteiger partial charge in [0.25, 0.3) is 0 Å². The van der Waals surface area contributed by atoms with Gasteiger partial charge < -0.3 is 10.2 Å². The number of nitrogens with one attached hydrogen (secondary N) is 1. The molecular weight excluding hydrogens is 432 g/mol. The van der Waals surface area contributed by atoms with Crippen molar-refractivity contribution in [2.75, 3.05) is 37.6 Å². The largest absolute Gasteiger partial charge is 0.369 e. The zero-order valence-corrected chi connectivity index (χ0v) is 20.2. The molecule has 33 heavy (non-hydrogen) atoms. The fourth-order valence-electron chi connectivity index (χ4n) is 4.94. The van der Waals surface area contributed by atoms with Crippen LogP contribution in [-0.4, -0.2) is 43.5 Å².